The third kappa shape index (κ3) is 4.55. The van der Waals surface area contributed by atoms with Crippen LogP contribution in [-0.4, -0.2) is 52.3 Å². The van der Waals surface area contributed by atoms with E-state index in [1.807, 2.05) is 18.2 Å². The number of hydrogen-bond acceptors (Lipinski definition) is 8. The highest BCUT2D eigenvalue weighted by Crippen LogP contribution is 2.43. The van der Waals surface area contributed by atoms with Crippen molar-refractivity contribution in [3.05, 3.63) is 49.7 Å². The van der Waals surface area contributed by atoms with Crippen LogP contribution >= 0.6 is 34.3 Å². The molecule has 0 aliphatic carbocycles. The maximum Gasteiger partial charge on any atom is 0.299 e. The number of nitrogens with one attached hydrogen (secondary N) is 1. The van der Waals surface area contributed by atoms with Crippen molar-refractivity contribution in [2.75, 3.05) is 11.2 Å². The maximum atomic E-state index is 13.1. The van der Waals surface area contributed by atoms with Crippen LogP contribution in [0.4, 0.5) is 5.82 Å². The maximum absolute atomic E-state index is 13.1. The molecule has 2 aliphatic heterocycles. The average molecular weight is 512 g/mol. The smallest absolute Gasteiger partial charge is 0.299 e. The van der Waals surface area contributed by atoms with Gasteiger partial charge in [0.15, 0.2) is 11.1 Å². The minimum absolute atomic E-state index is 0.203. The molecule has 0 aromatic carbocycles. The van der Waals surface area contributed by atoms with Gasteiger partial charge < -0.3 is 9.87 Å². The number of thiazole rings is 1. The van der Waals surface area contributed by atoms with Crippen molar-refractivity contribution < 1.29 is 13.6 Å². The molecule has 3 unspecified atom stereocenters. The lowest BCUT2D eigenvalue weighted by Crippen LogP contribution is -2.43. The van der Waals surface area contributed by atoms with Crippen LogP contribution in [0.3, 0.4) is 0 Å². The second kappa shape index (κ2) is 9.32. The predicted octanol–water partition coefficient (Wildman–Crippen LogP) is 4.24. The number of carbonyl (C=O) groups excluding carboxylic acids is 1. The van der Waals surface area contributed by atoms with E-state index in [1.165, 1.54) is 27.4 Å². The Morgan fingerprint density at radius 1 is 1.31 bits per heavy atom. The number of anilines is 1. The standard InChI is InChI=1S/C20H22ClN5O3S3/c21-18-4-3-15(31-18)8-22-19-7-16(24-26(19)20(27)17-9-30-10-23-17)12-5-13-1-2-14(6-12)25(13)11-32(28)29/h3-4,7,9-10,12-14,22H,1-2,5-6,8,11H2,(H,28,29). The molecule has 2 aliphatic rings. The fraction of sp³-hybridized carbons (Fsp3) is 0.450. The lowest BCUT2D eigenvalue weighted by molar-refractivity contribution is 0.0941. The molecule has 2 bridgehead atoms. The molecular formula is C20H22ClN5O3S3. The summed E-state index contributed by atoms with van der Waals surface area (Å²) in [5, 5.41) is 9.77. The fourth-order valence-corrected chi connectivity index (χ4v) is 7.01. The summed E-state index contributed by atoms with van der Waals surface area (Å²) in [6.07, 6.45) is 3.80. The quantitative estimate of drug-likeness (QED) is 0.457. The Kier molecular flexibility index (Phi) is 6.46. The molecule has 0 saturated carbocycles. The Labute approximate surface area is 200 Å². The lowest BCUT2D eigenvalue weighted by Gasteiger charge is -2.37. The molecule has 8 nitrogen and oxygen atoms in total. The Hall–Kier alpha value is -1.63. The second-order valence-electron chi connectivity index (χ2n) is 8.12. The summed E-state index contributed by atoms with van der Waals surface area (Å²) in [4.78, 5) is 20.5. The van der Waals surface area contributed by atoms with Gasteiger partial charge in [-0.25, -0.2) is 9.19 Å². The van der Waals surface area contributed by atoms with E-state index in [0.717, 1.165) is 40.6 Å². The van der Waals surface area contributed by atoms with Crippen LogP contribution in [0.25, 0.3) is 0 Å². The Morgan fingerprint density at radius 2 is 2.09 bits per heavy atom. The number of fused-ring (bicyclic) bond motifs is 2. The van der Waals surface area contributed by atoms with Crippen LogP contribution in [0.5, 0.6) is 0 Å². The van der Waals surface area contributed by atoms with E-state index in [9.17, 15) is 13.6 Å². The van der Waals surface area contributed by atoms with Crippen molar-refractivity contribution >= 4 is 57.1 Å². The highest BCUT2D eigenvalue weighted by molar-refractivity contribution is 7.79. The van der Waals surface area contributed by atoms with Crippen LogP contribution in [0, 0.1) is 0 Å². The van der Waals surface area contributed by atoms with Crippen molar-refractivity contribution in [3.8, 4) is 0 Å². The zero-order chi connectivity index (χ0) is 22.2. The van der Waals surface area contributed by atoms with E-state index in [0.29, 0.717) is 18.1 Å². The second-order valence-corrected chi connectivity index (χ2v) is 11.5. The highest BCUT2D eigenvalue weighted by atomic mass is 35.5. The van der Waals surface area contributed by atoms with E-state index in [2.05, 4.69) is 15.2 Å². The zero-order valence-corrected chi connectivity index (χ0v) is 20.2. The van der Waals surface area contributed by atoms with Gasteiger partial charge >= 0.3 is 0 Å². The van der Waals surface area contributed by atoms with Gasteiger partial charge in [0, 0.05) is 34.3 Å². The van der Waals surface area contributed by atoms with Gasteiger partial charge in [-0.3, -0.25) is 9.69 Å². The van der Waals surface area contributed by atoms with Crippen molar-refractivity contribution in [1.29, 1.82) is 0 Å². The monoisotopic (exact) mass is 511 g/mol. The Bertz CT molecular complexity index is 1120. The van der Waals surface area contributed by atoms with Crippen LogP contribution in [-0.2, 0) is 17.6 Å². The molecule has 3 aromatic heterocycles. The Morgan fingerprint density at radius 3 is 2.72 bits per heavy atom. The lowest BCUT2D eigenvalue weighted by atomic mass is 9.88. The molecule has 2 fully saturated rings. The van der Waals surface area contributed by atoms with Gasteiger partial charge in [-0.1, -0.05) is 11.6 Å². The van der Waals surface area contributed by atoms with Gasteiger partial charge in [0.25, 0.3) is 5.91 Å². The first-order valence-corrected chi connectivity index (χ1v) is 13.7. The Balaban J connectivity index is 1.39. The molecule has 3 aromatic rings. The number of thiophene rings is 1. The van der Waals surface area contributed by atoms with Crippen molar-refractivity contribution in [2.24, 2.45) is 0 Å². The zero-order valence-electron chi connectivity index (χ0n) is 17.0. The molecule has 0 amide bonds. The van der Waals surface area contributed by atoms with Gasteiger partial charge in [0.2, 0.25) is 0 Å². The van der Waals surface area contributed by atoms with Crippen molar-refractivity contribution in [1.82, 2.24) is 19.7 Å². The van der Waals surface area contributed by atoms with E-state index >= 15 is 0 Å². The predicted molar refractivity (Wildman–Crippen MR) is 127 cm³/mol. The van der Waals surface area contributed by atoms with Crippen LogP contribution in [0.1, 0.15) is 52.7 Å². The summed E-state index contributed by atoms with van der Waals surface area (Å²) in [6.45, 7) is 0.541. The number of carbonyl (C=O) groups is 1. The number of aromatic nitrogens is 3. The highest BCUT2D eigenvalue weighted by Gasteiger charge is 2.42. The largest absolute Gasteiger partial charge is 0.365 e. The number of halogens is 1. The van der Waals surface area contributed by atoms with E-state index in [4.69, 9.17) is 16.7 Å². The molecule has 2 N–H and O–H groups in total. The average Bonchev–Trinajstić information content (AvgIpc) is 3.54. The van der Waals surface area contributed by atoms with Crippen LogP contribution in [0.15, 0.2) is 29.1 Å². The number of piperidine rings is 1. The number of hydrogen-bond donors (Lipinski definition) is 2. The summed E-state index contributed by atoms with van der Waals surface area (Å²) in [7, 11) is 0. The minimum Gasteiger partial charge on any atom is -0.365 e. The van der Waals surface area contributed by atoms with Gasteiger partial charge in [0.05, 0.1) is 22.1 Å². The summed E-state index contributed by atoms with van der Waals surface area (Å²) in [5.74, 6) is 0.778. The molecule has 0 spiro atoms. The van der Waals surface area contributed by atoms with Crippen molar-refractivity contribution in [3.63, 3.8) is 0 Å². The molecule has 5 rings (SSSR count). The third-order valence-electron chi connectivity index (χ3n) is 6.21. The molecular weight excluding hydrogens is 490 g/mol. The molecule has 3 atom stereocenters. The first-order chi connectivity index (χ1) is 15.5. The van der Waals surface area contributed by atoms with E-state index in [-0.39, 0.29) is 29.8 Å². The van der Waals surface area contributed by atoms with Gasteiger partial charge in [-0.15, -0.1) is 22.7 Å². The molecule has 170 valence electrons. The third-order valence-corrected chi connectivity index (χ3v) is 8.54. The summed E-state index contributed by atoms with van der Waals surface area (Å²) in [6, 6.07) is 6.33. The minimum atomic E-state index is -1.83. The summed E-state index contributed by atoms with van der Waals surface area (Å²) >= 11 is 7.09. The van der Waals surface area contributed by atoms with Crippen LogP contribution < -0.4 is 5.32 Å². The summed E-state index contributed by atoms with van der Waals surface area (Å²) < 4.78 is 22.8. The topological polar surface area (TPSA) is 100 Å². The van der Waals surface area contributed by atoms with E-state index in [1.54, 1.807) is 10.9 Å². The fourth-order valence-electron chi connectivity index (χ4n) is 4.78. The first-order valence-electron chi connectivity index (χ1n) is 10.3. The molecule has 12 heteroatoms. The molecule has 32 heavy (non-hydrogen) atoms. The number of nitrogens with zero attached hydrogens (tertiary/aromatic N) is 4. The van der Waals surface area contributed by atoms with Crippen LogP contribution in [0.2, 0.25) is 4.34 Å². The first kappa shape index (κ1) is 22.2. The van der Waals surface area contributed by atoms with Gasteiger partial charge in [-0.05, 0) is 37.8 Å². The number of rotatable bonds is 7. The molecule has 5 heterocycles. The normalized spacial score (nSPS) is 24.0. The molecule has 0 radical (unpaired) electrons. The summed E-state index contributed by atoms with van der Waals surface area (Å²) in [5.41, 5.74) is 2.88. The van der Waals surface area contributed by atoms with Gasteiger partial charge in [-0.2, -0.15) is 9.78 Å². The van der Waals surface area contributed by atoms with Crippen molar-refractivity contribution in [2.45, 2.75) is 50.2 Å². The van der Waals surface area contributed by atoms with Gasteiger partial charge in [0.1, 0.15) is 17.4 Å². The SMILES string of the molecule is O=C(c1cscn1)n1nc(C2CC3CCC(C2)N3CS(=O)O)cc1NCc1ccc(Cl)s1. The van der Waals surface area contributed by atoms with E-state index < -0.39 is 11.1 Å². The molecule has 2 saturated heterocycles.